The number of ether oxygens (including phenoxy) is 1. The van der Waals surface area contributed by atoms with Crippen LogP contribution >= 0.6 is 44.3 Å². The summed E-state index contributed by atoms with van der Waals surface area (Å²) in [5, 5.41) is 0. The van der Waals surface area contributed by atoms with Crippen LogP contribution in [0, 0.1) is 0 Å². The van der Waals surface area contributed by atoms with Gasteiger partial charge in [0, 0.05) is 8.95 Å². The van der Waals surface area contributed by atoms with Gasteiger partial charge < -0.3 is 10.5 Å². The standard InChI is InChI=1S/C14H10Br2F3NO.ClH/c15-9-3-6-12(16)11(7-9)13(20)8-1-4-10(5-2-8)21-14(17,18)19;/h1-7,13H,20H2;1H/t13-;/m1./s1. The van der Waals surface area contributed by atoms with Crippen molar-refractivity contribution < 1.29 is 17.9 Å². The minimum Gasteiger partial charge on any atom is -0.406 e. The summed E-state index contributed by atoms with van der Waals surface area (Å²) in [7, 11) is 0. The lowest BCUT2D eigenvalue weighted by Crippen LogP contribution is -2.17. The quantitative estimate of drug-likeness (QED) is 0.648. The molecular weight excluding hydrogens is 450 g/mol. The summed E-state index contributed by atoms with van der Waals surface area (Å²) in [4.78, 5) is 0. The van der Waals surface area contributed by atoms with Gasteiger partial charge in [-0.1, -0.05) is 44.0 Å². The minimum absolute atomic E-state index is 0. The summed E-state index contributed by atoms with van der Waals surface area (Å²) in [6.45, 7) is 0. The third-order valence-corrected chi connectivity index (χ3v) is 3.98. The Morgan fingerprint density at radius 2 is 1.59 bits per heavy atom. The van der Waals surface area contributed by atoms with Crippen molar-refractivity contribution in [3.8, 4) is 5.75 Å². The van der Waals surface area contributed by atoms with Gasteiger partial charge in [0.2, 0.25) is 0 Å². The molecule has 0 saturated heterocycles. The second kappa shape index (κ2) is 7.68. The predicted octanol–water partition coefficient (Wildman–Crippen LogP) is 5.58. The second-order valence-electron chi connectivity index (χ2n) is 4.26. The second-order valence-corrected chi connectivity index (χ2v) is 6.03. The number of rotatable bonds is 3. The van der Waals surface area contributed by atoms with E-state index in [1.165, 1.54) is 24.3 Å². The van der Waals surface area contributed by atoms with Crippen LogP contribution in [0.4, 0.5) is 13.2 Å². The van der Waals surface area contributed by atoms with E-state index in [-0.39, 0.29) is 18.2 Å². The first-order valence-electron chi connectivity index (χ1n) is 5.82. The van der Waals surface area contributed by atoms with Crippen molar-refractivity contribution in [2.24, 2.45) is 5.73 Å². The Morgan fingerprint density at radius 1 is 1.00 bits per heavy atom. The zero-order chi connectivity index (χ0) is 15.6. The molecule has 0 aliphatic rings. The van der Waals surface area contributed by atoms with Crippen LogP contribution < -0.4 is 10.5 Å². The van der Waals surface area contributed by atoms with Crippen LogP contribution in [-0.2, 0) is 0 Å². The largest absolute Gasteiger partial charge is 0.573 e. The molecule has 2 nitrogen and oxygen atoms in total. The van der Waals surface area contributed by atoms with E-state index in [1.807, 2.05) is 18.2 Å². The van der Waals surface area contributed by atoms with Crippen molar-refractivity contribution in [3.63, 3.8) is 0 Å². The van der Waals surface area contributed by atoms with E-state index in [1.54, 1.807) is 0 Å². The van der Waals surface area contributed by atoms with Crippen LogP contribution in [-0.4, -0.2) is 6.36 Å². The summed E-state index contributed by atoms with van der Waals surface area (Å²) in [6.07, 6.45) is -4.70. The third kappa shape index (κ3) is 5.15. The molecule has 2 aromatic rings. The monoisotopic (exact) mass is 459 g/mol. The highest BCUT2D eigenvalue weighted by atomic mass is 79.9. The molecule has 0 amide bonds. The summed E-state index contributed by atoms with van der Waals surface area (Å²) < 4.78 is 41.8. The maximum atomic E-state index is 12.1. The van der Waals surface area contributed by atoms with E-state index in [0.29, 0.717) is 5.56 Å². The van der Waals surface area contributed by atoms with Crippen molar-refractivity contribution >= 4 is 44.3 Å². The zero-order valence-corrected chi connectivity index (χ0v) is 14.9. The summed E-state index contributed by atoms with van der Waals surface area (Å²) >= 11 is 6.77. The van der Waals surface area contributed by atoms with Crippen molar-refractivity contribution in [2.45, 2.75) is 12.4 Å². The van der Waals surface area contributed by atoms with E-state index < -0.39 is 12.4 Å². The van der Waals surface area contributed by atoms with Gasteiger partial charge in [0.25, 0.3) is 0 Å². The van der Waals surface area contributed by atoms with E-state index in [0.717, 1.165) is 14.5 Å². The van der Waals surface area contributed by atoms with E-state index in [2.05, 4.69) is 36.6 Å². The lowest BCUT2D eigenvalue weighted by molar-refractivity contribution is -0.274. The molecule has 0 aliphatic carbocycles. The maximum Gasteiger partial charge on any atom is 0.573 e. The molecule has 2 rings (SSSR count). The van der Waals surface area contributed by atoms with Crippen LogP contribution in [0.1, 0.15) is 17.2 Å². The molecule has 8 heteroatoms. The van der Waals surface area contributed by atoms with E-state index in [4.69, 9.17) is 5.73 Å². The molecule has 0 spiro atoms. The Bertz CT molecular complexity index is 635. The van der Waals surface area contributed by atoms with Crippen molar-refractivity contribution in [1.82, 2.24) is 0 Å². The lowest BCUT2D eigenvalue weighted by atomic mass is 10.00. The molecule has 22 heavy (non-hydrogen) atoms. The third-order valence-electron chi connectivity index (χ3n) is 2.77. The number of halogens is 6. The van der Waals surface area contributed by atoms with Crippen LogP contribution in [0.5, 0.6) is 5.75 Å². The average Bonchev–Trinajstić information content (AvgIpc) is 2.40. The van der Waals surface area contributed by atoms with Crippen LogP contribution in [0.15, 0.2) is 51.4 Å². The predicted molar refractivity (Wildman–Crippen MR) is 88.2 cm³/mol. The Morgan fingerprint density at radius 3 is 2.14 bits per heavy atom. The highest BCUT2D eigenvalue weighted by Gasteiger charge is 2.31. The fourth-order valence-electron chi connectivity index (χ4n) is 1.81. The van der Waals surface area contributed by atoms with Gasteiger partial charge in [-0.15, -0.1) is 25.6 Å². The van der Waals surface area contributed by atoms with Crippen LogP contribution in [0.3, 0.4) is 0 Å². The molecular formula is C14H11Br2ClF3NO. The Kier molecular flexibility index (Phi) is 6.73. The van der Waals surface area contributed by atoms with Gasteiger partial charge >= 0.3 is 6.36 Å². The van der Waals surface area contributed by atoms with Gasteiger partial charge in [-0.25, -0.2) is 0 Å². The molecule has 120 valence electrons. The number of hydrogen-bond donors (Lipinski definition) is 1. The molecule has 0 aromatic heterocycles. The smallest absolute Gasteiger partial charge is 0.406 e. The normalized spacial score (nSPS) is 12.5. The van der Waals surface area contributed by atoms with Crippen molar-refractivity contribution in [1.29, 1.82) is 0 Å². The average molecular weight is 462 g/mol. The van der Waals surface area contributed by atoms with E-state index in [9.17, 15) is 13.2 Å². The SMILES string of the molecule is Cl.N[C@H](c1ccc(OC(F)(F)F)cc1)c1cc(Br)ccc1Br. The fourth-order valence-corrected chi connectivity index (χ4v) is 2.68. The first kappa shape index (κ1) is 19.3. The Hall–Kier alpha value is -0.760. The molecule has 0 saturated carbocycles. The zero-order valence-electron chi connectivity index (χ0n) is 10.9. The van der Waals surface area contributed by atoms with Crippen molar-refractivity contribution in [2.75, 3.05) is 0 Å². The molecule has 0 fully saturated rings. The number of nitrogens with two attached hydrogens (primary N) is 1. The van der Waals surface area contributed by atoms with E-state index >= 15 is 0 Å². The first-order valence-corrected chi connectivity index (χ1v) is 7.41. The Balaban J connectivity index is 0.00000242. The van der Waals surface area contributed by atoms with Crippen LogP contribution in [0.2, 0.25) is 0 Å². The summed E-state index contributed by atoms with van der Waals surface area (Å²) in [6, 6.07) is 10.6. The molecule has 2 N–H and O–H groups in total. The van der Waals surface area contributed by atoms with Gasteiger partial charge in [0.05, 0.1) is 6.04 Å². The molecule has 0 heterocycles. The van der Waals surface area contributed by atoms with Gasteiger partial charge in [0.15, 0.2) is 0 Å². The summed E-state index contributed by atoms with van der Waals surface area (Å²) in [5.41, 5.74) is 7.66. The topological polar surface area (TPSA) is 35.2 Å². The molecule has 0 bridgehead atoms. The number of alkyl halides is 3. The fraction of sp³-hybridized carbons (Fsp3) is 0.143. The number of hydrogen-bond acceptors (Lipinski definition) is 2. The van der Waals surface area contributed by atoms with Gasteiger partial charge in [-0.2, -0.15) is 0 Å². The highest BCUT2D eigenvalue weighted by Crippen LogP contribution is 2.31. The highest BCUT2D eigenvalue weighted by molar-refractivity contribution is 9.11. The molecule has 0 radical (unpaired) electrons. The first-order chi connectivity index (χ1) is 9.76. The number of benzene rings is 2. The molecule has 1 atom stereocenters. The van der Waals surface area contributed by atoms with Crippen LogP contribution in [0.25, 0.3) is 0 Å². The molecule has 0 aliphatic heterocycles. The molecule has 2 aromatic carbocycles. The summed E-state index contributed by atoms with van der Waals surface area (Å²) in [5.74, 6) is -0.272. The molecule has 0 unspecified atom stereocenters. The van der Waals surface area contributed by atoms with Crippen molar-refractivity contribution in [3.05, 3.63) is 62.5 Å². The maximum absolute atomic E-state index is 12.1. The van der Waals surface area contributed by atoms with Gasteiger partial charge in [-0.05, 0) is 41.5 Å². The Labute approximate surface area is 148 Å². The van der Waals surface area contributed by atoms with Gasteiger partial charge in [0.1, 0.15) is 5.75 Å². The minimum atomic E-state index is -4.70. The lowest BCUT2D eigenvalue weighted by Gasteiger charge is -2.16. The van der Waals surface area contributed by atoms with Gasteiger partial charge in [-0.3, -0.25) is 0 Å².